The Kier molecular flexibility index (Phi) is 9.03. The summed E-state index contributed by atoms with van der Waals surface area (Å²) < 4.78 is 33.5. The zero-order valence-electron chi connectivity index (χ0n) is 25.9. The van der Waals surface area contributed by atoms with Gasteiger partial charge >= 0.3 is 0 Å². The molecule has 1 aliphatic heterocycles. The number of fused-ring (bicyclic) bond motifs is 1. The fraction of sp³-hybridized carbons (Fsp3) is 0.250. The van der Waals surface area contributed by atoms with Crippen LogP contribution in [0.5, 0.6) is 0 Å². The monoisotopic (exact) mass is 624 g/mol. The maximum Gasteiger partial charge on any atom is 0.291 e. The van der Waals surface area contributed by atoms with Gasteiger partial charge in [-0.15, -0.1) is 0 Å². The molecule has 0 fully saturated rings. The van der Waals surface area contributed by atoms with Crippen LogP contribution in [0.25, 0.3) is 5.57 Å². The molecule has 2 aliphatic rings. The number of halogens is 2. The number of carbonyl (C=O) groups excluding carboxylic acids is 4. The number of allylic oxidation sites excluding steroid dienone is 4. The summed E-state index contributed by atoms with van der Waals surface area (Å²) >= 11 is 0. The second-order valence-corrected chi connectivity index (χ2v) is 11.6. The van der Waals surface area contributed by atoms with E-state index in [2.05, 4.69) is 10.6 Å². The molecule has 5 rings (SSSR count). The highest BCUT2D eigenvalue weighted by molar-refractivity contribution is 6.42. The number of nitrogens with one attached hydrogen (secondary N) is 2. The Bertz CT molecular complexity index is 1830. The number of amides is 2. The van der Waals surface area contributed by atoms with Crippen molar-refractivity contribution in [2.75, 3.05) is 16.8 Å². The molecule has 2 heterocycles. The Morgan fingerprint density at radius 2 is 1.61 bits per heavy atom. The summed E-state index contributed by atoms with van der Waals surface area (Å²) in [5, 5.41) is 5.33. The molecule has 0 spiro atoms. The average Bonchev–Trinajstić information content (AvgIpc) is 3.31. The van der Waals surface area contributed by atoms with Crippen molar-refractivity contribution in [3.8, 4) is 0 Å². The Labute approximate surface area is 265 Å². The molecule has 236 valence electrons. The fourth-order valence-corrected chi connectivity index (χ4v) is 5.87. The van der Waals surface area contributed by atoms with Crippen LogP contribution in [-0.4, -0.2) is 46.6 Å². The predicted molar refractivity (Wildman–Crippen MR) is 173 cm³/mol. The van der Waals surface area contributed by atoms with Gasteiger partial charge in [-0.05, 0) is 70.2 Å². The zero-order valence-corrected chi connectivity index (χ0v) is 25.9. The summed E-state index contributed by atoms with van der Waals surface area (Å²) in [6, 6.07) is 17.7. The Balaban J connectivity index is 1.64. The first-order valence-electron chi connectivity index (χ1n) is 14.9. The van der Waals surface area contributed by atoms with Gasteiger partial charge in [0, 0.05) is 64.6 Å². The lowest BCUT2D eigenvalue weighted by Gasteiger charge is -2.35. The van der Waals surface area contributed by atoms with Crippen LogP contribution < -0.4 is 15.5 Å². The van der Waals surface area contributed by atoms with E-state index in [1.54, 1.807) is 73.4 Å². The minimum Gasteiger partial charge on any atom is -0.347 e. The number of nitrogens with zero attached hydrogens (tertiary/aromatic N) is 2. The Morgan fingerprint density at radius 3 is 2.26 bits per heavy atom. The van der Waals surface area contributed by atoms with Crippen LogP contribution in [0.3, 0.4) is 0 Å². The minimum atomic E-state index is -3.48. The number of carbonyl (C=O) groups is 3. The summed E-state index contributed by atoms with van der Waals surface area (Å²) in [5.41, 5.74) is 2.54. The lowest BCUT2D eigenvalue weighted by atomic mass is 9.89. The summed E-state index contributed by atoms with van der Waals surface area (Å²) in [4.78, 5) is 53.3. The van der Waals surface area contributed by atoms with Crippen LogP contribution in [0, 0.1) is 13.8 Å². The normalized spacial score (nSPS) is 18.2. The van der Waals surface area contributed by atoms with E-state index in [-0.39, 0.29) is 35.0 Å². The number of aromatic nitrogens is 1. The van der Waals surface area contributed by atoms with Crippen LogP contribution in [0.15, 0.2) is 102 Å². The van der Waals surface area contributed by atoms with E-state index in [0.29, 0.717) is 17.5 Å². The first-order chi connectivity index (χ1) is 21.9. The van der Waals surface area contributed by atoms with Crippen molar-refractivity contribution in [2.45, 2.75) is 52.1 Å². The highest BCUT2D eigenvalue weighted by atomic mass is 19.3. The average molecular weight is 625 g/mol. The molecule has 10 heteroatoms. The smallest absolute Gasteiger partial charge is 0.291 e. The van der Waals surface area contributed by atoms with E-state index < -0.39 is 41.6 Å². The fourth-order valence-electron chi connectivity index (χ4n) is 5.87. The van der Waals surface area contributed by atoms with Crippen LogP contribution in [0.1, 0.15) is 43.3 Å². The number of hydrogen-bond donors (Lipinski definition) is 2. The van der Waals surface area contributed by atoms with Crippen molar-refractivity contribution in [1.82, 2.24) is 9.88 Å². The molecule has 0 saturated carbocycles. The van der Waals surface area contributed by atoms with Gasteiger partial charge in [0.1, 0.15) is 12.0 Å². The highest BCUT2D eigenvalue weighted by Gasteiger charge is 2.43. The zero-order chi connectivity index (χ0) is 33.2. The lowest BCUT2D eigenvalue weighted by Crippen LogP contribution is -2.35. The summed E-state index contributed by atoms with van der Waals surface area (Å²) in [7, 11) is 0. The molecule has 46 heavy (non-hydrogen) atoms. The molecule has 1 aromatic heterocycles. The molecule has 1 aliphatic carbocycles. The summed E-state index contributed by atoms with van der Waals surface area (Å²) in [5.74, 6) is -3.94. The maximum absolute atomic E-state index is 15.8. The second-order valence-electron chi connectivity index (χ2n) is 11.6. The molecular weight excluding hydrogens is 590 g/mol. The summed E-state index contributed by atoms with van der Waals surface area (Å²) in [6.07, 6.45) is 3.15. The van der Waals surface area contributed by atoms with Crippen LogP contribution in [0.2, 0.25) is 0 Å². The molecule has 2 aromatic carbocycles. The van der Waals surface area contributed by atoms with Crippen LogP contribution in [0.4, 0.5) is 20.2 Å². The lowest BCUT2D eigenvalue weighted by molar-refractivity contribution is -0.135. The van der Waals surface area contributed by atoms with E-state index in [9.17, 15) is 19.2 Å². The van der Waals surface area contributed by atoms with Gasteiger partial charge in [-0.1, -0.05) is 36.4 Å². The van der Waals surface area contributed by atoms with Gasteiger partial charge in [0.05, 0.1) is 11.3 Å². The quantitative estimate of drug-likeness (QED) is 0.194. The number of para-hydroxylation sites is 2. The van der Waals surface area contributed by atoms with E-state index in [1.165, 1.54) is 6.07 Å². The first-order valence-corrected chi connectivity index (χ1v) is 14.9. The molecule has 0 radical (unpaired) electrons. The number of hydrogen-bond acceptors (Lipinski definition) is 5. The van der Waals surface area contributed by atoms with E-state index in [1.807, 2.05) is 42.6 Å². The molecule has 1 atom stereocenters. The number of benzene rings is 2. The number of rotatable bonds is 7. The van der Waals surface area contributed by atoms with Crippen molar-refractivity contribution in [3.05, 3.63) is 119 Å². The third kappa shape index (κ3) is 6.25. The number of aryl methyl sites for hydroxylation is 2. The number of anilines is 2. The Morgan fingerprint density at radius 1 is 0.957 bits per heavy atom. The van der Waals surface area contributed by atoms with Gasteiger partial charge in [0.2, 0.25) is 5.78 Å². The first kappa shape index (κ1) is 32.1. The minimum absolute atomic E-state index is 0.0447. The molecule has 2 amide bonds. The predicted octanol–water partition coefficient (Wildman–Crippen LogP) is 5.89. The van der Waals surface area contributed by atoms with Gasteiger partial charge < -0.3 is 20.1 Å². The van der Waals surface area contributed by atoms with Crippen LogP contribution >= 0.6 is 0 Å². The molecule has 8 nitrogen and oxygen atoms in total. The summed E-state index contributed by atoms with van der Waals surface area (Å²) in [6.45, 7) is 6.80. The topological polar surface area (TPSA) is 101 Å². The Hall–Kier alpha value is -5.34. The highest BCUT2D eigenvalue weighted by Crippen LogP contribution is 2.46. The van der Waals surface area contributed by atoms with E-state index in [4.69, 9.17) is 0 Å². The molecule has 0 saturated heterocycles. The van der Waals surface area contributed by atoms with E-state index >= 15 is 8.78 Å². The third-order valence-electron chi connectivity index (χ3n) is 7.99. The van der Waals surface area contributed by atoms with Gasteiger partial charge in [0.15, 0.2) is 0 Å². The van der Waals surface area contributed by atoms with Crippen molar-refractivity contribution in [1.29, 1.82) is 0 Å². The molecule has 3 aromatic rings. The molecule has 1 unspecified atom stereocenters. The SMILES string of the molecule is Cc1ccc(C)n1C1C(=C=O)C(N2CCC(F)(F)C(=CC(=O)C(=O)NC(C)C)c3ccccc32)=CC=C1C(=O)Nc1ccccc1. The second kappa shape index (κ2) is 12.9. The number of ketones is 1. The molecule has 0 bridgehead atoms. The molecular formula is C36H34F2N4O4. The van der Waals surface area contributed by atoms with E-state index in [0.717, 1.165) is 11.4 Å². The van der Waals surface area contributed by atoms with Crippen molar-refractivity contribution < 1.29 is 28.0 Å². The maximum atomic E-state index is 15.8. The largest absolute Gasteiger partial charge is 0.347 e. The van der Waals surface area contributed by atoms with Gasteiger partial charge in [-0.3, -0.25) is 14.4 Å². The van der Waals surface area contributed by atoms with Crippen molar-refractivity contribution >= 4 is 40.5 Å². The standard InChI is InChI=1S/C36H34F2N4O4/c1-22(2)39-35(46)32(44)20-29-26-12-8-9-13-30(26)41(19-18-36(29,37)38)31-17-16-27(34(45)40-25-10-6-5-7-11-25)33(28(31)21-43)42-23(3)14-15-24(42)4/h5-17,20,22,33H,18-19H2,1-4H3,(H,39,46)(H,40,45). The third-order valence-corrected chi connectivity index (χ3v) is 7.99. The van der Waals surface area contributed by atoms with Gasteiger partial charge in [-0.25, -0.2) is 13.6 Å². The van der Waals surface area contributed by atoms with Crippen molar-refractivity contribution in [3.63, 3.8) is 0 Å². The van der Waals surface area contributed by atoms with Gasteiger partial charge in [0.25, 0.3) is 17.7 Å². The van der Waals surface area contributed by atoms with Crippen molar-refractivity contribution in [2.24, 2.45) is 0 Å². The number of alkyl halides is 2. The van der Waals surface area contributed by atoms with Gasteiger partial charge in [-0.2, -0.15) is 0 Å². The molecule has 2 N–H and O–H groups in total. The van der Waals surface area contributed by atoms with Crippen LogP contribution in [-0.2, 0) is 19.2 Å².